The van der Waals surface area contributed by atoms with Crippen LogP contribution in [-0.4, -0.2) is 77.9 Å². The number of piperazine rings is 1. The van der Waals surface area contributed by atoms with Crippen LogP contribution in [0, 0.1) is 5.92 Å². The lowest BCUT2D eigenvalue weighted by molar-refractivity contribution is -0.135. The Morgan fingerprint density at radius 3 is 2.35 bits per heavy atom. The number of hydrogen-bond donors (Lipinski definition) is 2. The van der Waals surface area contributed by atoms with Crippen molar-refractivity contribution in [3.05, 3.63) is 91.8 Å². The standard InChI is InChI=1S/C34H40N6O7.ClH/c1-19(2)16-26(35)30(42)36-14-15-37(33(45)46)27(18-36)22-8-11-24-28(17-22)47-34(4,5)25-12-13-38-31(43)39(32(44)40(38)29(24)25)23-9-6-21(7-10-23)20(3)41;/h6-12,17,19,26-27,29H,13-16,18,35H2,1-5H3,(H,45,46);1H/t26-,27?,29?;/m0./s1. The van der Waals surface area contributed by atoms with E-state index < -0.39 is 41.2 Å². The van der Waals surface area contributed by atoms with Gasteiger partial charge in [0.05, 0.1) is 24.3 Å². The highest BCUT2D eigenvalue weighted by atomic mass is 35.5. The van der Waals surface area contributed by atoms with Crippen LogP contribution in [0.4, 0.5) is 4.79 Å². The molecule has 1 aromatic heterocycles. The fourth-order valence-corrected chi connectivity index (χ4v) is 7.03. The normalized spacial score (nSPS) is 20.0. The number of ether oxygens (including phenoxy) is 1. The average molecular weight is 681 g/mol. The largest absolute Gasteiger partial charge is 0.483 e. The van der Waals surface area contributed by atoms with E-state index in [9.17, 15) is 29.1 Å². The molecule has 0 aliphatic carbocycles. The Labute approximate surface area is 283 Å². The van der Waals surface area contributed by atoms with E-state index in [-0.39, 0.29) is 56.2 Å². The molecule has 48 heavy (non-hydrogen) atoms. The van der Waals surface area contributed by atoms with Gasteiger partial charge < -0.3 is 20.5 Å². The molecule has 6 rings (SSSR count). The van der Waals surface area contributed by atoms with E-state index in [4.69, 9.17) is 10.5 Å². The molecule has 3 aliphatic heterocycles. The lowest BCUT2D eigenvalue weighted by atomic mass is 9.82. The van der Waals surface area contributed by atoms with Gasteiger partial charge in [0.15, 0.2) is 5.78 Å². The minimum atomic E-state index is -1.10. The predicted octanol–water partition coefficient (Wildman–Crippen LogP) is 3.36. The molecule has 2 unspecified atom stereocenters. The first kappa shape index (κ1) is 34.7. The Morgan fingerprint density at radius 1 is 1.04 bits per heavy atom. The van der Waals surface area contributed by atoms with E-state index in [0.29, 0.717) is 34.5 Å². The molecule has 4 heterocycles. The zero-order valence-corrected chi connectivity index (χ0v) is 28.4. The van der Waals surface area contributed by atoms with Crippen molar-refractivity contribution in [2.45, 2.75) is 71.3 Å². The number of carboxylic acid groups (broad SMARTS) is 1. The summed E-state index contributed by atoms with van der Waals surface area (Å²) in [6.45, 7) is 9.88. The molecule has 0 saturated carbocycles. The van der Waals surface area contributed by atoms with Crippen molar-refractivity contribution in [3.63, 3.8) is 0 Å². The van der Waals surface area contributed by atoms with Gasteiger partial charge in [-0.3, -0.25) is 14.5 Å². The molecule has 0 spiro atoms. The molecule has 2 amide bonds. The van der Waals surface area contributed by atoms with Gasteiger partial charge >= 0.3 is 17.5 Å². The van der Waals surface area contributed by atoms with E-state index in [2.05, 4.69) is 0 Å². The van der Waals surface area contributed by atoms with Gasteiger partial charge in [-0.05, 0) is 74.6 Å². The van der Waals surface area contributed by atoms with E-state index in [1.807, 2.05) is 33.8 Å². The number of carbonyl (C=O) groups is 3. The third-order valence-corrected chi connectivity index (χ3v) is 9.37. The van der Waals surface area contributed by atoms with Crippen LogP contribution in [0.2, 0.25) is 0 Å². The van der Waals surface area contributed by atoms with Crippen LogP contribution in [0.3, 0.4) is 0 Å². The van der Waals surface area contributed by atoms with Gasteiger partial charge in [-0.2, -0.15) is 0 Å². The van der Waals surface area contributed by atoms with Crippen LogP contribution >= 0.6 is 12.4 Å². The maximum Gasteiger partial charge on any atom is 0.407 e. The van der Waals surface area contributed by atoms with Crippen molar-refractivity contribution in [1.29, 1.82) is 0 Å². The minimum absolute atomic E-state index is 0. The second kappa shape index (κ2) is 12.8. The third-order valence-electron chi connectivity index (χ3n) is 9.37. The van der Waals surface area contributed by atoms with Crippen molar-refractivity contribution >= 4 is 30.2 Å². The molecule has 3 aliphatic rings. The van der Waals surface area contributed by atoms with Crippen LogP contribution in [0.1, 0.15) is 74.6 Å². The monoisotopic (exact) mass is 680 g/mol. The lowest BCUT2D eigenvalue weighted by Gasteiger charge is -2.44. The smallest absolute Gasteiger partial charge is 0.407 e. The number of carbonyl (C=O) groups excluding carboxylic acids is 2. The first-order valence-corrected chi connectivity index (χ1v) is 15.8. The maximum atomic E-state index is 14.0. The summed E-state index contributed by atoms with van der Waals surface area (Å²) in [6, 6.07) is 9.69. The minimum Gasteiger partial charge on any atom is -0.483 e. The predicted molar refractivity (Wildman–Crippen MR) is 180 cm³/mol. The number of amides is 2. The van der Waals surface area contributed by atoms with Gasteiger partial charge in [0.2, 0.25) is 5.91 Å². The Kier molecular flexibility index (Phi) is 9.23. The second-order valence-electron chi connectivity index (χ2n) is 13.4. The van der Waals surface area contributed by atoms with Gasteiger partial charge in [-0.25, -0.2) is 28.3 Å². The molecule has 14 heteroatoms. The van der Waals surface area contributed by atoms with Crippen LogP contribution in [0.25, 0.3) is 5.69 Å². The maximum absolute atomic E-state index is 14.0. The molecule has 3 atom stereocenters. The van der Waals surface area contributed by atoms with Crippen LogP contribution in [0.5, 0.6) is 5.75 Å². The van der Waals surface area contributed by atoms with E-state index in [1.54, 1.807) is 47.4 Å². The van der Waals surface area contributed by atoms with Crippen molar-refractivity contribution in [3.8, 4) is 11.4 Å². The van der Waals surface area contributed by atoms with Gasteiger partial charge in [0, 0.05) is 30.8 Å². The number of benzene rings is 2. The van der Waals surface area contributed by atoms with Crippen molar-refractivity contribution in [2.24, 2.45) is 11.7 Å². The first-order chi connectivity index (χ1) is 22.2. The highest BCUT2D eigenvalue weighted by Gasteiger charge is 2.44. The molecule has 0 bridgehead atoms. The van der Waals surface area contributed by atoms with E-state index in [0.717, 1.165) is 10.1 Å². The van der Waals surface area contributed by atoms with Crippen molar-refractivity contribution in [2.75, 3.05) is 19.6 Å². The Morgan fingerprint density at radius 2 is 1.73 bits per heavy atom. The highest BCUT2D eigenvalue weighted by Crippen LogP contribution is 2.47. The van der Waals surface area contributed by atoms with Crippen LogP contribution < -0.4 is 21.9 Å². The van der Waals surface area contributed by atoms with E-state index in [1.165, 1.54) is 21.2 Å². The Bertz CT molecular complexity index is 1920. The van der Waals surface area contributed by atoms with Crippen molar-refractivity contribution in [1.82, 2.24) is 23.7 Å². The summed E-state index contributed by atoms with van der Waals surface area (Å²) in [7, 11) is 0. The Hall–Kier alpha value is -4.62. The zero-order chi connectivity index (χ0) is 33.9. The molecular formula is C34H41ClN6O7. The van der Waals surface area contributed by atoms with Gasteiger partial charge in [0.25, 0.3) is 0 Å². The van der Waals surface area contributed by atoms with Crippen LogP contribution in [-0.2, 0) is 11.3 Å². The van der Waals surface area contributed by atoms with Gasteiger partial charge in [0.1, 0.15) is 17.4 Å². The third kappa shape index (κ3) is 5.85. The highest BCUT2D eigenvalue weighted by molar-refractivity contribution is 5.94. The number of Topliss-reactive ketones (excluding diaryl/α,β-unsaturated/α-hetero) is 1. The molecule has 0 radical (unpaired) electrons. The number of nitrogens with two attached hydrogens (primary N) is 1. The molecule has 1 fully saturated rings. The topological polar surface area (TPSA) is 162 Å². The summed E-state index contributed by atoms with van der Waals surface area (Å²) in [5.41, 5.74) is 7.20. The number of rotatable bonds is 6. The average Bonchev–Trinajstić information content (AvgIpc) is 3.28. The number of fused-ring (bicyclic) bond motifs is 5. The molecule has 3 N–H and O–H groups in total. The van der Waals surface area contributed by atoms with Gasteiger partial charge in [-0.15, -0.1) is 12.4 Å². The fourth-order valence-electron chi connectivity index (χ4n) is 7.03. The SMILES string of the molecule is CC(=O)c1ccc(-n2c(=O)n3n(c2=O)C2C(=CC3)C(C)(C)Oc3cc(C4CN(C(=O)[C@@H](N)CC(C)C)CCN4C(=O)O)ccc32)cc1.Cl. The second-order valence-corrected chi connectivity index (χ2v) is 13.4. The number of ketones is 1. The number of nitrogens with zero attached hydrogens (tertiary/aromatic N) is 5. The molecule has 2 aromatic carbocycles. The fraction of sp³-hybridized carbons (Fsp3) is 0.441. The summed E-state index contributed by atoms with van der Waals surface area (Å²) in [4.78, 5) is 67.9. The summed E-state index contributed by atoms with van der Waals surface area (Å²) in [6.07, 6.45) is 1.33. The number of hydrogen-bond acceptors (Lipinski definition) is 7. The lowest BCUT2D eigenvalue weighted by Crippen LogP contribution is -2.55. The molecule has 1 saturated heterocycles. The Balaban J connectivity index is 0.00000451. The molecule has 13 nitrogen and oxygen atoms in total. The summed E-state index contributed by atoms with van der Waals surface area (Å²) < 4.78 is 10.4. The molecule has 256 valence electrons. The number of aromatic nitrogens is 3. The zero-order valence-electron chi connectivity index (χ0n) is 27.6. The number of allylic oxidation sites excluding steroid dienone is 1. The van der Waals surface area contributed by atoms with Gasteiger partial charge in [-0.1, -0.05) is 32.1 Å². The molecule has 3 aromatic rings. The summed E-state index contributed by atoms with van der Waals surface area (Å²) in [5.74, 6) is 0.350. The summed E-state index contributed by atoms with van der Waals surface area (Å²) in [5, 5.41) is 10.1. The van der Waals surface area contributed by atoms with Crippen molar-refractivity contribution < 1.29 is 24.2 Å². The number of halogens is 1. The first-order valence-electron chi connectivity index (χ1n) is 15.8. The van der Waals surface area contributed by atoms with E-state index >= 15 is 0 Å². The van der Waals surface area contributed by atoms with Crippen LogP contribution in [0.15, 0.2) is 63.7 Å². The summed E-state index contributed by atoms with van der Waals surface area (Å²) >= 11 is 0. The molecular weight excluding hydrogens is 640 g/mol. The quantitative estimate of drug-likeness (QED) is 0.296.